The fraction of sp³-hybridized carbons (Fsp3) is 0.833. The molecule has 3 heterocycles. The molecule has 1 aromatic heterocycles. The summed E-state index contributed by atoms with van der Waals surface area (Å²) in [5, 5.41) is 7.62. The molecule has 2 aliphatic heterocycles. The molecule has 0 N–H and O–H groups in total. The Bertz CT molecular complexity index is 493. The predicted octanol–water partition coefficient (Wildman–Crippen LogP) is 1.54. The maximum absolute atomic E-state index is 12.4. The van der Waals surface area contributed by atoms with Crippen molar-refractivity contribution in [3.8, 4) is 0 Å². The van der Waals surface area contributed by atoms with E-state index in [1.165, 1.54) is 4.57 Å². The van der Waals surface area contributed by atoms with Crippen molar-refractivity contribution in [2.24, 2.45) is 12.5 Å². The van der Waals surface area contributed by atoms with Crippen LogP contribution in [-0.2, 0) is 18.2 Å². The van der Waals surface area contributed by atoms with Crippen LogP contribution in [0.2, 0.25) is 0 Å². The Morgan fingerprint density at radius 3 is 2.75 bits per heavy atom. The number of anilines is 1. The highest BCUT2D eigenvalue weighted by atomic mass is 19.4. The lowest BCUT2D eigenvalue weighted by atomic mass is 9.87. The predicted molar refractivity (Wildman–Crippen MR) is 65.5 cm³/mol. The molecule has 1 spiro atoms. The second kappa shape index (κ2) is 4.61. The van der Waals surface area contributed by atoms with Crippen LogP contribution in [0.4, 0.5) is 19.1 Å². The number of hydrogen-bond acceptors (Lipinski definition) is 4. The normalized spacial score (nSPS) is 26.9. The third-order valence-electron chi connectivity index (χ3n) is 4.21. The van der Waals surface area contributed by atoms with Crippen LogP contribution in [-0.4, -0.2) is 47.2 Å². The van der Waals surface area contributed by atoms with Crippen molar-refractivity contribution in [3.63, 3.8) is 0 Å². The van der Waals surface area contributed by atoms with Gasteiger partial charge >= 0.3 is 6.18 Å². The molecule has 112 valence electrons. The summed E-state index contributed by atoms with van der Waals surface area (Å²) in [6.07, 6.45) is -3.30. The average Bonchev–Trinajstić information content (AvgIpc) is 3.04. The molecule has 3 rings (SSSR count). The van der Waals surface area contributed by atoms with E-state index in [1.54, 1.807) is 7.05 Å². The first-order valence-electron chi connectivity index (χ1n) is 6.66. The number of rotatable bonds is 2. The van der Waals surface area contributed by atoms with E-state index in [0.29, 0.717) is 5.95 Å². The van der Waals surface area contributed by atoms with E-state index < -0.39 is 12.6 Å². The van der Waals surface area contributed by atoms with E-state index in [0.717, 1.165) is 39.1 Å². The Labute approximate surface area is 114 Å². The van der Waals surface area contributed by atoms with Gasteiger partial charge in [0.1, 0.15) is 12.2 Å². The minimum atomic E-state index is -4.26. The topological polar surface area (TPSA) is 43.2 Å². The summed E-state index contributed by atoms with van der Waals surface area (Å²) in [6, 6.07) is 0. The van der Waals surface area contributed by atoms with Gasteiger partial charge in [0, 0.05) is 32.2 Å². The number of halogens is 3. The molecule has 1 unspecified atom stereocenters. The zero-order valence-electron chi connectivity index (χ0n) is 11.3. The van der Waals surface area contributed by atoms with E-state index >= 15 is 0 Å². The maximum Gasteiger partial charge on any atom is 0.396 e. The van der Waals surface area contributed by atoms with Gasteiger partial charge in [-0.3, -0.25) is 0 Å². The van der Waals surface area contributed by atoms with Crippen molar-refractivity contribution in [2.45, 2.75) is 25.4 Å². The quantitative estimate of drug-likeness (QED) is 0.828. The first-order chi connectivity index (χ1) is 9.39. The first kappa shape index (κ1) is 13.7. The first-order valence-corrected chi connectivity index (χ1v) is 6.66. The molecular weight excluding hydrogens is 273 g/mol. The van der Waals surface area contributed by atoms with Crippen LogP contribution >= 0.6 is 0 Å². The van der Waals surface area contributed by atoms with Crippen molar-refractivity contribution in [3.05, 3.63) is 5.82 Å². The lowest BCUT2D eigenvalue weighted by Crippen LogP contribution is -2.29. The fourth-order valence-corrected chi connectivity index (χ4v) is 3.04. The molecule has 1 aromatic rings. The Morgan fingerprint density at radius 1 is 1.30 bits per heavy atom. The SMILES string of the molecule is Cn1c(CC(F)(F)F)nnc1N1CCC2(CCOC2)C1. The standard InChI is InChI=1S/C12H17F3N4O/c1-18-9(6-12(13,14)15)16-17-10(18)19-4-2-11(7-19)3-5-20-8-11/h2-8H2,1H3. The molecule has 0 radical (unpaired) electrons. The molecule has 2 saturated heterocycles. The summed E-state index contributed by atoms with van der Waals surface area (Å²) in [7, 11) is 1.59. The van der Waals surface area contributed by atoms with E-state index in [4.69, 9.17) is 4.74 Å². The molecule has 0 amide bonds. The number of hydrogen-bond donors (Lipinski definition) is 0. The monoisotopic (exact) mass is 290 g/mol. The molecule has 5 nitrogen and oxygen atoms in total. The Morgan fingerprint density at radius 2 is 2.10 bits per heavy atom. The molecule has 2 aliphatic rings. The van der Waals surface area contributed by atoms with Gasteiger partial charge in [0.2, 0.25) is 5.95 Å². The van der Waals surface area contributed by atoms with E-state index in [9.17, 15) is 13.2 Å². The summed E-state index contributed by atoms with van der Waals surface area (Å²) in [6.45, 7) is 3.08. The molecule has 0 aliphatic carbocycles. The number of nitrogens with zero attached hydrogens (tertiary/aromatic N) is 4. The zero-order chi connectivity index (χ0) is 14.4. The molecule has 0 saturated carbocycles. The second-order valence-corrected chi connectivity index (χ2v) is 5.74. The molecular formula is C12H17F3N4O. The van der Waals surface area contributed by atoms with Crippen LogP contribution in [0.15, 0.2) is 0 Å². The van der Waals surface area contributed by atoms with Crippen LogP contribution < -0.4 is 4.90 Å². The highest BCUT2D eigenvalue weighted by Crippen LogP contribution is 2.39. The Kier molecular flexibility index (Phi) is 3.15. The van der Waals surface area contributed by atoms with Crippen LogP contribution in [0.3, 0.4) is 0 Å². The van der Waals surface area contributed by atoms with Crippen LogP contribution in [0.25, 0.3) is 0 Å². The van der Waals surface area contributed by atoms with Crippen molar-refractivity contribution < 1.29 is 17.9 Å². The van der Waals surface area contributed by atoms with Gasteiger partial charge in [0.25, 0.3) is 0 Å². The van der Waals surface area contributed by atoms with E-state index in [2.05, 4.69) is 10.2 Å². The summed E-state index contributed by atoms with van der Waals surface area (Å²) in [4.78, 5) is 2.02. The molecule has 2 fully saturated rings. The molecule has 20 heavy (non-hydrogen) atoms. The average molecular weight is 290 g/mol. The summed E-state index contributed by atoms with van der Waals surface area (Å²) in [5.74, 6) is 0.476. The highest BCUT2D eigenvalue weighted by molar-refractivity contribution is 5.34. The van der Waals surface area contributed by atoms with Crippen LogP contribution in [0, 0.1) is 5.41 Å². The van der Waals surface area contributed by atoms with Gasteiger partial charge in [-0.25, -0.2) is 0 Å². The number of alkyl halides is 3. The Balaban J connectivity index is 1.75. The van der Waals surface area contributed by atoms with Gasteiger partial charge < -0.3 is 14.2 Å². The number of ether oxygens (including phenoxy) is 1. The molecule has 0 bridgehead atoms. The maximum atomic E-state index is 12.4. The lowest BCUT2D eigenvalue weighted by molar-refractivity contribution is -0.128. The van der Waals surface area contributed by atoms with E-state index in [1.807, 2.05) is 4.90 Å². The number of aromatic nitrogens is 3. The Hall–Kier alpha value is -1.31. The molecule has 8 heteroatoms. The van der Waals surface area contributed by atoms with Crippen molar-refractivity contribution in [1.29, 1.82) is 0 Å². The van der Waals surface area contributed by atoms with Crippen molar-refractivity contribution in [2.75, 3.05) is 31.2 Å². The highest BCUT2D eigenvalue weighted by Gasteiger charge is 2.42. The molecule has 0 aromatic carbocycles. The lowest BCUT2D eigenvalue weighted by Gasteiger charge is -2.22. The largest absolute Gasteiger partial charge is 0.396 e. The fourth-order valence-electron chi connectivity index (χ4n) is 3.04. The van der Waals surface area contributed by atoms with Gasteiger partial charge in [0.05, 0.1) is 6.61 Å². The van der Waals surface area contributed by atoms with Crippen LogP contribution in [0.1, 0.15) is 18.7 Å². The second-order valence-electron chi connectivity index (χ2n) is 5.74. The minimum absolute atomic E-state index is 0.0453. The summed E-state index contributed by atoms with van der Waals surface area (Å²) >= 11 is 0. The van der Waals surface area contributed by atoms with Gasteiger partial charge in [-0.2, -0.15) is 13.2 Å². The molecule has 1 atom stereocenters. The smallest absolute Gasteiger partial charge is 0.381 e. The minimum Gasteiger partial charge on any atom is -0.381 e. The van der Waals surface area contributed by atoms with Gasteiger partial charge in [-0.05, 0) is 12.8 Å². The van der Waals surface area contributed by atoms with Crippen LogP contribution in [0.5, 0.6) is 0 Å². The third-order valence-corrected chi connectivity index (χ3v) is 4.21. The van der Waals surface area contributed by atoms with Gasteiger partial charge in [-0.1, -0.05) is 0 Å². The van der Waals surface area contributed by atoms with Gasteiger partial charge in [0.15, 0.2) is 0 Å². The van der Waals surface area contributed by atoms with Crippen molar-refractivity contribution >= 4 is 5.95 Å². The van der Waals surface area contributed by atoms with Crippen molar-refractivity contribution in [1.82, 2.24) is 14.8 Å². The zero-order valence-corrected chi connectivity index (χ0v) is 11.3. The third kappa shape index (κ3) is 2.48. The van der Waals surface area contributed by atoms with E-state index in [-0.39, 0.29) is 11.2 Å². The summed E-state index contributed by atoms with van der Waals surface area (Å²) < 4.78 is 44.2. The van der Waals surface area contributed by atoms with Gasteiger partial charge in [-0.15, -0.1) is 10.2 Å². The summed E-state index contributed by atoms with van der Waals surface area (Å²) in [5.41, 5.74) is 0.149.